The Morgan fingerprint density at radius 1 is 1.00 bits per heavy atom. The van der Waals surface area contributed by atoms with Gasteiger partial charge in [0.2, 0.25) is 0 Å². The Balaban J connectivity index is 1.78. The Morgan fingerprint density at radius 3 is 2.57 bits per heavy atom. The molecule has 0 aliphatic carbocycles. The standard InChI is InChI=1S/C19H15N3O/c1-12-7-8-13-9-10-14-11-16(22-18(14)17(13)20-12)19(23)21-15-5-3-2-4-6-15/h2-11,20H,1H3,(H,21,23). The SMILES string of the molecule is Cc1ccc2ccc3cc(C(=O)Nc4ccccc4)nc3c2[nH]1. The summed E-state index contributed by atoms with van der Waals surface area (Å²) in [5.74, 6) is -0.201. The van der Waals surface area contributed by atoms with Crippen molar-refractivity contribution in [1.29, 1.82) is 0 Å². The summed E-state index contributed by atoms with van der Waals surface area (Å²) in [6.07, 6.45) is 0. The van der Waals surface area contributed by atoms with E-state index < -0.39 is 0 Å². The number of nitrogens with zero attached hydrogens (tertiary/aromatic N) is 1. The second-order valence-electron chi connectivity index (χ2n) is 5.57. The smallest absolute Gasteiger partial charge is 0.274 e. The zero-order valence-electron chi connectivity index (χ0n) is 12.6. The normalized spacial score (nSPS) is 11.0. The van der Waals surface area contributed by atoms with Gasteiger partial charge >= 0.3 is 0 Å². The van der Waals surface area contributed by atoms with Gasteiger partial charge in [-0.25, -0.2) is 4.98 Å². The van der Waals surface area contributed by atoms with Crippen molar-refractivity contribution < 1.29 is 4.79 Å². The number of rotatable bonds is 2. The van der Waals surface area contributed by atoms with E-state index in [9.17, 15) is 4.79 Å². The minimum absolute atomic E-state index is 0.201. The summed E-state index contributed by atoms with van der Waals surface area (Å²) in [6.45, 7) is 2.00. The summed E-state index contributed by atoms with van der Waals surface area (Å²) in [7, 11) is 0. The largest absolute Gasteiger partial charge is 0.357 e. The summed E-state index contributed by atoms with van der Waals surface area (Å²) in [5, 5.41) is 4.90. The topological polar surface area (TPSA) is 57.8 Å². The maximum atomic E-state index is 12.4. The van der Waals surface area contributed by atoms with Crippen LogP contribution in [0.5, 0.6) is 0 Å². The molecule has 2 N–H and O–H groups in total. The molecule has 1 amide bonds. The molecule has 0 aliphatic heterocycles. The third-order valence-electron chi connectivity index (χ3n) is 3.87. The lowest BCUT2D eigenvalue weighted by molar-refractivity contribution is 0.102. The number of aromatic nitrogens is 2. The molecule has 0 bridgehead atoms. The van der Waals surface area contributed by atoms with Crippen LogP contribution in [0.3, 0.4) is 0 Å². The number of aryl methyl sites for hydroxylation is 1. The van der Waals surface area contributed by atoms with Gasteiger partial charge in [0.1, 0.15) is 5.69 Å². The first-order valence-corrected chi connectivity index (χ1v) is 7.46. The van der Waals surface area contributed by atoms with Gasteiger partial charge in [-0.2, -0.15) is 0 Å². The predicted octanol–water partition coefficient (Wildman–Crippen LogP) is 4.28. The van der Waals surface area contributed by atoms with Gasteiger partial charge in [-0.05, 0) is 31.2 Å². The number of fused-ring (bicyclic) bond motifs is 3. The fourth-order valence-electron chi connectivity index (χ4n) is 2.72. The van der Waals surface area contributed by atoms with E-state index in [1.807, 2.05) is 61.5 Å². The van der Waals surface area contributed by atoms with E-state index in [-0.39, 0.29) is 5.91 Å². The minimum atomic E-state index is -0.201. The van der Waals surface area contributed by atoms with Crippen molar-refractivity contribution in [3.05, 3.63) is 72.1 Å². The van der Waals surface area contributed by atoms with Crippen LogP contribution in [0.2, 0.25) is 0 Å². The first-order chi connectivity index (χ1) is 11.2. The number of nitrogens with one attached hydrogen (secondary N) is 2. The van der Waals surface area contributed by atoms with Crippen molar-refractivity contribution in [2.24, 2.45) is 0 Å². The highest BCUT2D eigenvalue weighted by molar-refractivity contribution is 6.10. The number of benzene rings is 2. The van der Waals surface area contributed by atoms with Crippen LogP contribution in [0, 0.1) is 6.92 Å². The first kappa shape index (κ1) is 13.5. The molecule has 0 fully saturated rings. The lowest BCUT2D eigenvalue weighted by atomic mass is 10.1. The van der Waals surface area contributed by atoms with Crippen LogP contribution in [0.1, 0.15) is 16.2 Å². The number of H-pyrrole nitrogens is 1. The van der Waals surface area contributed by atoms with Crippen molar-refractivity contribution in [1.82, 2.24) is 9.97 Å². The molecule has 0 unspecified atom stereocenters. The summed E-state index contributed by atoms with van der Waals surface area (Å²) in [6, 6.07) is 19.3. The first-order valence-electron chi connectivity index (χ1n) is 7.46. The molecular formula is C19H15N3O. The second-order valence-corrected chi connectivity index (χ2v) is 5.57. The average Bonchev–Trinajstić information content (AvgIpc) is 3.00. The monoisotopic (exact) mass is 301 g/mol. The fraction of sp³-hybridized carbons (Fsp3) is 0.0526. The van der Waals surface area contributed by atoms with Crippen LogP contribution >= 0.6 is 0 Å². The lowest BCUT2D eigenvalue weighted by Gasteiger charge is -2.02. The number of amides is 1. The van der Waals surface area contributed by atoms with E-state index in [1.165, 1.54) is 0 Å². The number of hydrogen-bond acceptors (Lipinski definition) is 2. The quantitative estimate of drug-likeness (QED) is 0.580. The van der Waals surface area contributed by atoms with Crippen molar-refractivity contribution in [3.8, 4) is 0 Å². The van der Waals surface area contributed by atoms with Crippen molar-refractivity contribution >= 4 is 33.4 Å². The lowest BCUT2D eigenvalue weighted by Crippen LogP contribution is -2.11. The van der Waals surface area contributed by atoms with Gasteiger partial charge in [-0.3, -0.25) is 4.79 Å². The third-order valence-corrected chi connectivity index (χ3v) is 3.87. The molecule has 112 valence electrons. The molecule has 2 aromatic heterocycles. The van der Waals surface area contributed by atoms with Crippen molar-refractivity contribution in [2.75, 3.05) is 5.32 Å². The van der Waals surface area contributed by atoms with Gasteiger partial charge in [0.15, 0.2) is 0 Å². The van der Waals surface area contributed by atoms with Gasteiger partial charge in [0, 0.05) is 22.2 Å². The molecule has 0 spiro atoms. The Labute approximate surface area is 133 Å². The van der Waals surface area contributed by atoms with Gasteiger partial charge < -0.3 is 10.3 Å². The maximum absolute atomic E-state index is 12.4. The van der Waals surface area contributed by atoms with E-state index in [2.05, 4.69) is 21.4 Å². The summed E-state index contributed by atoms with van der Waals surface area (Å²) in [4.78, 5) is 20.3. The minimum Gasteiger partial charge on any atom is -0.357 e. The number of hydrogen-bond donors (Lipinski definition) is 2. The van der Waals surface area contributed by atoms with Crippen molar-refractivity contribution in [2.45, 2.75) is 6.92 Å². The molecule has 0 saturated heterocycles. The maximum Gasteiger partial charge on any atom is 0.274 e. The summed E-state index contributed by atoms with van der Waals surface area (Å²) >= 11 is 0. The molecule has 0 atom stereocenters. The molecule has 0 radical (unpaired) electrons. The van der Waals surface area contributed by atoms with Gasteiger partial charge in [0.05, 0.1) is 11.0 Å². The molecular weight excluding hydrogens is 286 g/mol. The molecule has 0 aliphatic rings. The number of aromatic amines is 1. The molecule has 4 heteroatoms. The van der Waals surface area contributed by atoms with Gasteiger partial charge in [-0.1, -0.05) is 36.4 Å². The van der Waals surface area contributed by atoms with Gasteiger partial charge in [-0.15, -0.1) is 0 Å². The van der Waals surface area contributed by atoms with Crippen LogP contribution in [-0.4, -0.2) is 15.9 Å². The average molecular weight is 301 g/mol. The Bertz CT molecular complexity index is 1020. The zero-order valence-corrected chi connectivity index (χ0v) is 12.6. The predicted molar refractivity (Wildman–Crippen MR) is 92.7 cm³/mol. The third kappa shape index (κ3) is 2.44. The number of carbonyl (C=O) groups excluding carboxylic acids is 1. The molecule has 2 heterocycles. The van der Waals surface area contributed by atoms with E-state index in [4.69, 9.17) is 0 Å². The molecule has 4 rings (SSSR count). The molecule has 2 aromatic carbocycles. The number of anilines is 1. The molecule has 0 saturated carbocycles. The van der Waals surface area contributed by atoms with Crippen LogP contribution in [-0.2, 0) is 0 Å². The Kier molecular flexibility index (Phi) is 3.08. The Morgan fingerprint density at radius 2 is 1.74 bits per heavy atom. The number of carbonyl (C=O) groups is 1. The summed E-state index contributed by atoms with van der Waals surface area (Å²) < 4.78 is 0. The highest BCUT2D eigenvalue weighted by atomic mass is 16.1. The highest BCUT2D eigenvalue weighted by Crippen LogP contribution is 2.25. The second kappa shape index (κ2) is 5.25. The van der Waals surface area contributed by atoms with Crippen molar-refractivity contribution in [3.63, 3.8) is 0 Å². The van der Waals surface area contributed by atoms with E-state index in [0.717, 1.165) is 33.2 Å². The van der Waals surface area contributed by atoms with Crippen LogP contribution in [0.4, 0.5) is 5.69 Å². The number of pyridine rings is 1. The van der Waals surface area contributed by atoms with E-state index in [0.29, 0.717) is 5.69 Å². The van der Waals surface area contributed by atoms with E-state index >= 15 is 0 Å². The van der Waals surface area contributed by atoms with Crippen LogP contribution < -0.4 is 5.32 Å². The zero-order chi connectivity index (χ0) is 15.8. The number of para-hydroxylation sites is 1. The fourth-order valence-corrected chi connectivity index (χ4v) is 2.72. The van der Waals surface area contributed by atoms with Crippen LogP contribution in [0.25, 0.3) is 21.8 Å². The van der Waals surface area contributed by atoms with E-state index in [1.54, 1.807) is 0 Å². The van der Waals surface area contributed by atoms with Gasteiger partial charge in [0.25, 0.3) is 5.91 Å². The summed E-state index contributed by atoms with van der Waals surface area (Å²) in [5.41, 5.74) is 4.03. The van der Waals surface area contributed by atoms with Crippen LogP contribution in [0.15, 0.2) is 60.7 Å². The Hall–Kier alpha value is -3.14. The highest BCUT2D eigenvalue weighted by Gasteiger charge is 2.13. The molecule has 4 aromatic rings. The molecule has 4 nitrogen and oxygen atoms in total. The molecule has 23 heavy (non-hydrogen) atoms.